The zero-order valence-corrected chi connectivity index (χ0v) is 17.9. The predicted octanol–water partition coefficient (Wildman–Crippen LogP) is 3.39. The molecule has 1 amide bonds. The van der Waals surface area contributed by atoms with Crippen molar-refractivity contribution in [1.82, 2.24) is 8.87 Å². The van der Waals surface area contributed by atoms with E-state index >= 15 is 0 Å². The van der Waals surface area contributed by atoms with Crippen molar-refractivity contribution in [1.29, 1.82) is 0 Å². The molecule has 1 fully saturated rings. The standard InChI is InChI=1S/C22H23ClN2O4S/c23-15-21(26)24-12-10-16(11-13-24)22(27)20-14-17-6-4-5-9-19(17)25(20)30(28,29)18-7-2-1-3-8-18/h1-9,14,16,22,27H,10-13,15H2. The molecule has 8 heteroatoms. The lowest BCUT2D eigenvalue weighted by atomic mass is 9.89. The first-order chi connectivity index (χ1) is 14.4. The minimum atomic E-state index is -3.89. The first-order valence-corrected chi connectivity index (χ1v) is 11.8. The van der Waals surface area contributed by atoms with Crippen molar-refractivity contribution in [3.8, 4) is 0 Å². The summed E-state index contributed by atoms with van der Waals surface area (Å²) in [6, 6.07) is 17.2. The van der Waals surface area contributed by atoms with Gasteiger partial charge in [0.15, 0.2) is 0 Å². The second kappa shape index (κ2) is 8.41. The number of fused-ring (bicyclic) bond motifs is 1. The molecule has 6 nitrogen and oxygen atoms in total. The van der Waals surface area contributed by atoms with E-state index in [1.165, 1.54) is 3.97 Å². The summed E-state index contributed by atoms with van der Waals surface area (Å²) >= 11 is 5.64. The topological polar surface area (TPSA) is 79.6 Å². The molecule has 2 aromatic carbocycles. The van der Waals surface area contributed by atoms with Crippen molar-refractivity contribution in [2.45, 2.75) is 23.8 Å². The Hall–Kier alpha value is -2.35. The summed E-state index contributed by atoms with van der Waals surface area (Å²) in [6.45, 7) is 0.998. The summed E-state index contributed by atoms with van der Waals surface area (Å²) in [7, 11) is -3.89. The molecule has 0 radical (unpaired) electrons. The van der Waals surface area contributed by atoms with Crippen LogP contribution < -0.4 is 0 Å². The lowest BCUT2D eigenvalue weighted by molar-refractivity contribution is -0.130. The molecule has 2 heterocycles. The minimum Gasteiger partial charge on any atom is -0.387 e. The van der Waals surface area contributed by atoms with Crippen LogP contribution in [0.15, 0.2) is 65.6 Å². The number of carbonyl (C=O) groups is 1. The Morgan fingerprint density at radius 1 is 1.07 bits per heavy atom. The number of nitrogens with zero attached hydrogens (tertiary/aromatic N) is 2. The average Bonchev–Trinajstić information content (AvgIpc) is 3.19. The van der Waals surface area contributed by atoms with Crippen LogP contribution in [0.5, 0.6) is 0 Å². The van der Waals surface area contributed by atoms with E-state index in [1.54, 1.807) is 53.4 Å². The number of halogens is 1. The van der Waals surface area contributed by atoms with Gasteiger partial charge in [0, 0.05) is 18.5 Å². The molecule has 1 aliphatic rings. The van der Waals surface area contributed by atoms with E-state index in [4.69, 9.17) is 11.6 Å². The molecule has 1 aromatic heterocycles. The molecule has 1 unspecified atom stereocenters. The maximum Gasteiger partial charge on any atom is 0.268 e. The molecular weight excluding hydrogens is 424 g/mol. The highest BCUT2D eigenvalue weighted by Crippen LogP contribution is 2.36. The molecule has 1 saturated heterocycles. The van der Waals surface area contributed by atoms with Gasteiger partial charge in [-0.3, -0.25) is 4.79 Å². The molecular formula is C22H23ClN2O4S. The molecule has 1 N–H and O–H groups in total. The van der Waals surface area contributed by atoms with E-state index in [2.05, 4.69) is 0 Å². The zero-order valence-electron chi connectivity index (χ0n) is 16.3. The summed E-state index contributed by atoms with van der Waals surface area (Å²) in [4.78, 5) is 13.7. The number of benzene rings is 2. The van der Waals surface area contributed by atoms with Crippen molar-refractivity contribution in [2.24, 2.45) is 5.92 Å². The third-order valence-corrected chi connectivity index (χ3v) is 7.72. The van der Waals surface area contributed by atoms with Crippen molar-refractivity contribution >= 4 is 38.4 Å². The fraction of sp³-hybridized carbons (Fsp3) is 0.318. The Morgan fingerprint density at radius 3 is 2.37 bits per heavy atom. The first kappa shape index (κ1) is 20.9. The highest BCUT2D eigenvalue weighted by atomic mass is 35.5. The highest BCUT2D eigenvalue weighted by Gasteiger charge is 2.33. The smallest absolute Gasteiger partial charge is 0.268 e. The van der Waals surface area contributed by atoms with Crippen LogP contribution in [0.1, 0.15) is 24.6 Å². The summed E-state index contributed by atoms with van der Waals surface area (Å²) < 4.78 is 28.2. The first-order valence-electron chi connectivity index (χ1n) is 9.86. The molecule has 0 saturated carbocycles. The Balaban J connectivity index is 1.73. The second-order valence-corrected chi connectivity index (χ2v) is 9.56. The SMILES string of the molecule is O=C(CCl)N1CCC(C(O)c2cc3ccccc3n2S(=O)(=O)c2ccccc2)CC1. The van der Waals surface area contributed by atoms with Crippen LogP contribution in [0.4, 0.5) is 0 Å². The van der Waals surface area contributed by atoms with E-state index < -0.39 is 16.1 Å². The Morgan fingerprint density at radius 2 is 1.70 bits per heavy atom. The van der Waals surface area contributed by atoms with Crippen LogP contribution in [-0.2, 0) is 14.8 Å². The largest absolute Gasteiger partial charge is 0.387 e. The lowest BCUT2D eigenvalue weighted by Crippen LogP contribution is -2.40. The van der Waals surface area contributed by atoms with Crippen molar-refractivity contribution in [2.75, 3.05) is 19.0 Å². The number of amides is 1. The van der Waals surface area contributed by atoms with Crippen molar-refractivity contribution in [3.05, 3.63) is 66.4 Å². The van der Waals surface area contributed by atoms with Crippen LogP contribution in [-0.4, -0.2) is 47.3 Å². The van der Waals surface area contributed by atoms with Gasteiger partial charge >= 0.3 is 0 Å². The highest BCUT2D eigenvalue weighted by molar-refractivity contribution is 7.90. The average molecular weight is 447 g/mol. The number of rotatable bonds is 5. The molecule has 0 bridgehead atoms. The number of aliphatic hydroxyl groups is 1. The van der Waals surface area contributed by atoms with Crippen LogP contribution in [0.25, 0.3) is 10.9 Å². The number of carbonyl (C=O) groups excluding carboxylic acids is 1. The van der Waals surface area contributed by atoms with E-state index in [0.717, 1.165) is 5.39 Å². The lowest BCUT2D eigenvalue weighted by Gasteiger charge is -2.34. The molecule has 1 atom stereocenters. The monoisotopic (exact) mass is 446 g/mol. The molecule has 0 spiro atoms. The van der Waals surface area contributed by atoms with Gasteiger partial charge in [0.05, 0.1) is 22.2 Å². The Labute approximate surface area is 180 Å². The van der Waals surface area contributed by atoms with Gasteiger partial charge in [-0.05, 0) is 43.0 Å². The summed E-state index contributed by atoms with van der Waals surface area (Å²) in [5.41, 5.74) is 0.882. The van der Waals surface area contributed by atoms with Gasteiger partial charge in [0.25, 0.3) is 10.0 Å². The van der Waals surface area contributed by atoms with Crippen molar-refractivity contribution < 1.29 is 18.3 Å². The predicted molar refractivity (Wildman–Crippen MR) is 116 cm³/mol. The third kappa shape index (κ3) is 3.73. The second-order valence-electron chi connectivity index (χ2n) is 7.51. The van der Waals surface area contributed by atoms with Crippen LogP contribution in [0.2, 0.25) is 0 Å². The maximum atomic E-state index is 13.5. The number of aromatic nitrogens is 1. The van der Waals surface area contributed by atoms with Gasteiger partial charge in [-0.15, -0.1) is 11.6 Å². The van der Waals surface area contributed by atoms with Gasteiger partial charge in [0.2, 0.25) is 5.91 Å². The number of hydrogen-bond acceptors (Lipinski definition) is 4. The van der Waals surface area contributed by atoms with Gasteiger partial charge in [-0.2, -0.15) is 0 Å². The third-order valence-electron chi connectivity index (χ3n) is 5.73. The number of likely N-dealkylation sites (tertiary alicyclic amines) is 1. The zero-order chi connectivity index (χ0) is 21.3. The summed E-state index contributed by atoms with van der Waals surface area (Å²) in [6.07, 6.45) is 0.192. The van der Waals surface area contributed by atoms with Crippen LogP contribution in [0.3, 0.4) is 0 Å². The number of piperidine rings is 1. The molecule has 158 valence electrons. The van der Waals surface area contributed by atoms with E-state index in [1.807, 2.05) is 12.1 Å². The van der Waals surface area contributed by atoms with Crippen LogP contribution in [0, 0.1) is 5.92 Å². The fourth-order valence-corrected chi connectivity index (χ4v) is 5.86. The fourth-order valence-electron chi connectivity index (χ4n) is 4.11. The Bertz CT molecular complexity index is 1150. The maximum absolute atomic E-state index is 13.5. The van der Waals surface area contributed by atoms with E-state index in [-0.39, 0.29) is 22.6 Å². The number of para-hydroxylation sites is 1. The van der Waals surface area contributed by atoms with E-state index in [0.29, 0.717) is 37.1 Å². The van der Waals surface area contributed by atoms with Gasteiger partial charge in [-0.1, -0.05) is 36.4 Å². The van der Waals surface area contributed by atoms with Gasteiger partial charge in [0.1, 0.15) is 5.88 Å². The molecule has 4 rings (SSSR count). The normalized spacial score (nSPS) is 16.7. The van der Waals surface area contributed by atoms with Crippen LogP contribution >= 0.6 is 11.6 Å². The number of hydrogen-bond donors (Lipinski definition) is 1. The molecule has 30 heavy (non-hydrogen) atoms. The molecule has 0 aliphatic carbocycles. The quantitative estimate of drug-likeness (QED) is 0.609. The molecule has 1 aliphatic heterocycles. The molecule has 3 aromatic rings. The van der Waals surface area contributed by atoms with Crippen molar-refractivity contribution in [3.63, 3.8) is 0 Å². The summed E-state index contributed by atoms with van der Waals surface area (Å²) in [5, 5.41) is 12.0. The Kier molecular flexibility index (Phi) is 5.86. The summed E-state index contributed by atoms with van der Waals surface area (Å²) in [5.74, 6) is -0.333. The number of aliphatic hydroxyl groups excluding tert-OH is 1. The van der Waals surface area contributed by atoms with Gasteiger partial charge in [-0.25, -0.2) is 12.4 Å². The van der Waals surface area contributed by atoms with E-state index in [9.17, 15) is 18.3 Å². The minimum absolute atomic E-state index is 0.0588. The number of alkyl halides is 1. The van der Waals surface area contributed by atoms with Gasteiger partial charge < -0.3 is 10.0 Å².